The topological polar surface area (TPSA) is 41.6 Å². The largest absolute Gasteiger partial charge is 0.482 e. The van der Waals surface area contributed by atoms with Crippen molar-refractivity contribution in [2.75, 3.05) is 26.2 Å². The number of fused-ring (bicyclic) bond motifs is 1. The molecule has 120 valence electrons. The van der Waals surface area contributed by atoms with Crippen molar-refractivity contribution in [2.24, 2.45) is 5.92 Å². The number of benzene rings is 1. The maximum atomic E-state index is 12.6. The minimum absolute atomic E-state index is 0.0698. The Hall–Kier alpha value is -1.26. The summed E-state index contributed by atoms with van der Waals surface area (Å²) < 4.78 is 5.63. The van der Waals surface area contributed by atoms with E-state index in [9.17, 15) is 4.79 Å². The fraction of sp³-hybridized carbons (Fsp3) is 0.588. The van der Waals surface area contributed by atoms with Crippen molar-refractivity contribution in [1.29, 1.82) is 0 Å². The van der Waals surface area contributed by atoms with Crippen molar-refractivity contribution >= 4 is 17.5 Å². The summed E-state index contributed by atoms with van der Waals surface area (Å²) in [5.41, 5.74) is 0. The molecule has 3 rings (SSSR count). The summed E-state index contributed by atoms with van der Waals surface area (Å²) in [6.07, 6.45) is 4.55. The molecule has 0 spiro atoms. The Morgan fingerprint density at radius 2 is 2.18 bits per heavy atom. The van der Waals surface area contributed by atoms with E-state index in [0.29, 0.717) is 22.7 Å². The molecular formula is C17H23ClN2O2. The lowest BCUT2D eigenvalue weighted by molar-refractivity contribution is -0.137. The highest BCUT2D eigenvalue weighted by Crippen LogP contribution is 2.28. The molecule has 22 heavy (non-hydrogen) atoms. The number of likely N-dealkylation sites (tertiary alicyclic amines) is 1. The number of halogens is 1. The van der Waals surface area contributed by atoms with E-state index in [2.05, 4.69) is 10.2 Å². The van der Waals surface area contributed by atoms with Gasteiger partial charge >= 0.3 is 0 Å². The first-order valence-electron chi connectivity index (χ1n) is 8.13. The molecule has 1 N–H and O–H groups in total. The molecule has 0 unspecified atom stereocenters. The first-order chi connectivity index (χ1) is 10.8. The van der Waals surface area contributed by atoms with Gasteiger partial charge in [0.2, 0.25) is 0 Å². The van der Waals surface area contributed by atoms with Gasteiger partial charge in [0, 0.05) is 12.6 Å². The van der Waals surface area contributed by atoms with Crippen molar-refractivity contribution in [2.45, 2.75) is 31.7 Å². The van der Waals surface area contributed by atoms with Crippen molar-refractivity contribution in [3.63, 3.8) is 0 Å². The van der Waals surface area contributed by atoms with Gasteiger partial charge in [-0.3, -0.25) is 4.79 Å². The van der Waals surface area contributed by atoms with E-state index in [-0.39, 0.29) is 12.5 Å². The van der Waals surface area contributed by atoms with Crippen LogP contribution in [0.1, 0.15) is 25.7 Å². The molecule has 1 aromatic rings. The molecule has 2 saturated heterocycles. The van der Waals surface area contributed by atoms with E-state index >= 15 is 0 Å². The molecule has 2 aliphatic heterocycles. The summed E-state index contributed by atoms with van der Waals surface area (Å²) in [4.78, 5) is 14.7. The second-order valence-corrected chi connectivity index (χ2v) is 6.53. The third-order valence-electron chi connectivity index (χ3n) is 4.70. The van der Waals surface area contributed by atoms with Crippen LogP contribution in [0.4, 0.5) is 0 Å². The number of nitrogens with one attached hydrogen (secondary N) is 1. The third-order valence-corrected chi connectivity index (χ3v) is 5.01. The summed E-state index contributed by atoms with van der Waals surface area (Å²) in [6, 6.07) is 7.65. The predicted molar refractivity (Wildman–Crippen MR) is 87.3 cm³/mol. The monoisotopic (exact) mass is 322 g/mol. The first kappa shape index (κ1) is 15.6. The molecule has 0 aromatic heterocycles. The molecule has 0 saturated carbocycles. The Balaban J connectivity index is 1.63. The van der Waals surface area contributed by atoms with Crippen LogP contribution in [0.5, 0.6) is 5.75 Å². The van der Waals surface area contributed by atoms with Crippen LogP contribution in [-0.2, 0) is 4.79 Å². The molecular weight excluding hydrogens is 300 g/mol. The van der Waals surface area contributed by atoms with Crippen LogP contribution in [0, 0.1) is 5.92 Å². The number of rotatable bonds is 3. The van der Waals surface area contributed by atoms with Crippen molar-refractivity contribution in [1.82, 2.24) is 10.2 Å². The number of piperidine rings is 1. The van der Waals surface area contributed by atoms with Gasteiger partial charge in [-0.15, -0.1) is 0 Å². The number of carbonyl (C=O) groups is 1. The van der Waals surface area contributed by atoms with Crippen molar-refractivity contribution in [3.8, 4) is 5.75 Å². The van der Waals surface area contributed by atoms with Crippen LogP contribution in [0.25, 0.3) is 0 Å². The molecule has 0 aliphatic carbocycles. The summed E-state index contributed by atoms with van der Waals surface area (Å²) in [7, 11) is 0. The van der Waals surface area contributed by atoms with Crippen molar-refractivity contribution < 1.29 is 9.53 Å². The standard InChI is InChI=1S/C17H23ClN2O2/c18-14-6-1-2-7-16(14)22-12-17(21)20-10-4-3-5-13-11-19-9-8-15(13)20/h1-2,6-7,13,15,19H,3-5,8-12H2/t13-,15+/m0/s1. The highest BCUT2D eigenvalue weighted by Gasteiger charge is 2.34. The second-order valence-electron chi connectivity index (χ2n) is 6.12. The molecule has 2 fully saturated rings. The van der Waals surface area contributed by atoms with Crippen LogP contribution in [0.15, 0.2) is 24.3 Å². The van der Waals surface area contributed by atoms with Crippen LogP contribution in [0.3, 0.4) is 0 Å². The van der Waals surface area contributed by atoms with Gasteiger partial charge in [0.05, 0.1) is 5.02 Å². The Kier molecular flexibility index (Phi) is 5.21. The van der Waals surface area contributed by atoms with Crippen LogP contribution in [0.2, 0.25) is 5.02 Å². The van der Waals surface area contributed by atoms with Gasteiger partial charge < -0.3 is 15.0 Å². The third kappa shape index (κ3) is 3.55. The highest BCUT2D eigenvalue weighted by molar-refractivity contribution is 6.32. The quantitative estimate of drug-likeness (QED) is 0.930. The Bertz CT molecular complexity index is 523. The Labute approximate surface area is 136 Å². The predicted octanol–water partition coefficient (Wildman–Crippen LogP) is 2.71. The van der Waals surface area contributed by atoms with E-state index in [1.54, 1.807) is 12.1 Å². The van der Waals surface area contributed by atoms with Crippen LogP contribution in [-0.4, -0.2) is 43.1 Å². The maximum Gasteiger partial charge on any atom is 0.260 e. The molecule has 2 heterocycles. The lowest BCUT2D eigenvalue weighted by atomic mass is 9.89. The minimum atomic E-state index is 0.0698. The normalized spacial score (nSPS) is 25.2. The maximum absolute atomic E-state index is 12.6. The van der Waals surface area contributed by atoms with Crippen LogP contribution >= 0.6 is 11.6 Å². The molecule has 1 aromatic carbocycles. The molecule has 0 radical (unpaired) electrons. The smallest absolute Gasteiger partial charge is 0.260 e. The van der Waals surface area contributed by atoms with Gasteiger partial charge in [-0.2, -0.15) is 0 Å². The second kappa shape index (κ2) is 7.34. The summed E-state index contributed by atoms with van der Waals surface area (Å²) in [5, 5.41) is 4.00. The summed E-state index contributed by atoms with van der Waals surface area (Å²) >= 11 is 6.07. The number of hydrogen-bond donors (Lipinski definition) is 1. The first-order valence-corrected chi connectivity index (χ1v) is 8.51. The van der Waals surface area contributed by atoms with Crippen LogP contribution < -0.4 is 10.1 Å². The fourth-order valence-electron chi connectivity index (χ4n) is 3.56. The zero-order chi connectivity index (χ0) is 15.4. The lowest BCUT2D eigenvalue weighted by Crippen LogP contribution is -2.52. The van der Waals surface area contributed by atoms with Gasteiger partial charge in [-0.25, -0.2) is 0 Å². The fourth-order valence-corrected chi connectivity index (χ4v) is 3.75. The van der Waals surface area contributed by atoms with E-state index in [0.717, 1.165) is 32.5 Å². The van der Waals surface area contributed by atoms with Gasteiger partial charge in [-0.05, 0) is 50.4 Å². The van der Waals surface area contributed by atoms with Gasteiger partial charge in [-0.1, -0.05) is 30.2 Å². The van der Waals surface area contributed by atoms with E-state index in [1.807, 2.05) is 12.1 Å². The summed E-state index contributed by atoms with van der Waals surface area (Å²) in [5.74, 6) is 1.24. The summed E-state index contributed by atoms with van der Waals surface area (Å²) in [6.45, 7) is 2.95. The number of ether oxygens (including phenoxy) is 1. The SMILES string of the molecule is O=C(COc1ccccc1Cl)N1CCCC[C@H]2CNCC[C@H]21. The van der Waals surface area contributed by atoms with E-state index in [4.69, 9.17) is 16.3 Å². The number of carbonyl (C=O) groups excluding carboxylic acids is 1. The molecule has 2 aliphatic rings. The number of hydrogen-bond acceptors (Lipinski definition) is 3. The minimum Gasteiger partial charge on any atom is -0.482 e. The zero-order valence-electron chi connectivity index (χ0n) is 12.8. The Morgan fingerprint density at radius 3 is 3.05 bits per heavy atom. The van der Waals surface area contributed by atoms with Gasteiger partial charge in [0.15, 0.2) is 6.61 Å². The number of para-hydroxylation sites is 1. The average molecular weight is 323 g/mol. The molecule has 1 amide bonds. The van der Waals surface area contributed by atoms with E-state index in [1.165, 1.54) is 12.8 Å². The number of nitrogens with zero attached hydrogens (tertiary/aromatic N) is 1. The van der Waals surface area contributed by atoms with Gasteiger partial charge in [0.25, 0.3) is 5.91 Å². The van der Waals surface area contributed by atoms with Gasteiger partial charge in [0.1, 0.15) is 5.75 Å². The van der Waals surface area contributed by atoms with E-state index < -0.39 is 0 Å². The molecule has 5 heteroatoms. The highest BCUT2D eigenvalue weighted by atomic mass is 35.5. The molecule has 0 bridgehead atoms. The van der Waals surface area contributed by atoms with Crippen molar-refractivity contribution in [3.05, 3.63) is 29.3 Å². The average Bonchev–Trinajstić information content (AvgIpc) is 2.76. The number of amides is 1. The molecule has 2 atom stereocenters. The lowest BCUT2D eigenvalue weighted by Gasteiger charge is -2.38. The zero-order valence-corrected chi connectivity index (χ0v) is 13.5. The Morgan fingerprint density at radius 1 is 1.32 bits per heavy atom. The molecule has 4 nitrogen and oxygen atoms in total.